The van der Waals surface area contributed by atoms with Gasteiger partial charge in [0.05, 0.1) is 0 Å². The average Bonchev–Trinajstić information content (AvgIpc) is 2.57. The molecule has 0 radical (unpaired) electrons. The van der Waals surface area contributed by atoms with E-state index in [0.29, 0.717) is 0 Å². The number of hydrogen-bond donors (Lipinski definition) is 1. The van der Waals surface area contributed by atoms with Gasteiger partial charge in [-0.3, -0.25) is 0 Å². The van der Waals surface area contributed by atoms with E-state index < -0.39 is 0 Å². The van der Waals surface area contributed by atoms with Crippen LogP contribution in [-0.2, 0) is 6.54 Å². The predicted molar refractivity (Wildman–Crippen MR) is 59.2 cm³/mol. The molecule has 0 unspecified atom stereocenters. The van der Waals surface area contributed by atoms with Crippen molar-refractivity contribution >= 4 is 11.3 Å². The molecular formula is C10H18N2S. The summed E-state index contributed by atoms with van der Waals surface area (Å²) in [7, 11) is 2.16. The van der Waals surface area contributed by atoms with E-state index in [4.69, 9.17) is 0 Å². The molecule has 2 nitrogen and oxygen atoms in total. The number of thiophene rings is 1. The third-order valence-corrected chi connectivity index (χ3v) is 2.68. The molecule has 0 fully saturated rings. The summed E-state index contributed by atoms with van der Waals surface area (Å²) in [4.78, 5) is 2.34. The topological polar surface area (TPSA) is 15.3 Å². The standard InChI is InChI=1S/C10H18N2S/c1-3-11-5-6-12(2)8-10-4-7-13-9-10/h4,7,9,11H,3,5-6,8H2,1-2H3. The molecule has 0 aliphatic rings. The van der Waals surface area contributed by atoms with Gasteiger partial charge in [-0.2, -0.15) is 11.3 Å². The Balaban J connectivity index is 2.14. The lowest BCUT2D eigenvalue weighted by molar-refractivity contribution is 0.326. The minimum atomic E-state index is 1.06. The van der Waals surface area contributed by atoms with Crippen LogP contribution in [0.2, 0.25) is 0 Å². The van der Waals surface area contributed by atoms with Crippen LogP contribution in [-0.4, -0.2) is 31.6 Å². The van der Waals surface area contributed by atoms with E-state index in [1.54, 1.807) is 11.3 Å². The second kappa shape index (κ2) is 6.13. The molecular weight excluding hydrogens is 180 g/mol. The molecule has 1 N–H and O–H groups in total. The highest BCUT2D eigenvalue weighted by Crippen LogP contribution is 2.07. The second-order valence-corrected chi connectivity index (χ2v) is 4.00. The molecule has 0 amide bonds. The summed E-state index contributed by atoms with van der Waals surface area (Å²) in [6.07, 6.45) is 0. The van der Waals surface area contributed by atoms with Crippen molar-refractivity contribution in [2.24, 2.45) is 0 Å². The molecule has 1 aromatic rings. The molecule has 0 atom stereocenters. The summed E-state index contributed by atoms with van der Waals surface area (Å²) in [6.45, 7) is 6.46. The van der Waals surface area contributed by atoms with Gasteiger partial charge in [-0.15, -0.1) is 0 Å². The number of likely N-dealkylation sites (N-methyl/N-ethyl adjacent to an activating group) is 2. The molecule has 13 heavy (non-hydrogen) atoms. The highest BCUT2D eigenvalue weighted by Gasteiger charge is 1.99. The Bertz CT molecular complexity index is 209. The van der Waals surface area contributed by atoms with Crippen LogP contribution < -0.4 is 5.32 Å². The van der Waals surface area contributed by atoms with Crippen LogP contribution in [0.15, 0.2) is 16.8 Å². The van der Waals surface area contributed by atoms with Crippen LogP contribution in [0.1, 0.15) is 12.5 Å². The Morgan fingerprint density at radius 2 is 2.38 bits per heavy atom. The summed E-state index contributed by atoms with van der Waals surface area (Å²) in [5.41, 5.74) is 1.42. The molecule has 1 heterocycles. The molecule has 1 rings (SSSR count). The Kier molecular flexibility index (Phi) is 5.05. The first-order valence-corrected chi connectivity index (χ1v) is 5.67. The van der Waals surface area contributed by atoms with Crippen LogP contribution in [0.25, 0.3) is 0 Å². The summed E-state index contributed by atoms with van der Waals surface area (Å²) in [6, 6.07) is 2.19. The molecule has 0 saturated carbocycles. The molecule has 0 aliphatic carbocycles. The summed E-state index contributed by atoms with van der Waals surface area (Å²) in [5, 5.41) is 7.66. The minimum absolute atomic E-state index is 1.06. The number of hydrogen-bond acceptors (Lipinski definition) is 3. The van der Waals surface area contributed by atoms with Gasteiger partial charge in [0, 0.05) is 19.6 Å². The zero-order valence-electron chi connectivity index (χ0n) is 8.42. The third-order valence-electron chi connectivity index (χ3n) is 1.95. The van der Waals surface area contributed by atoms with Crippen molar-refractivity contribution in [3.05, 3.63) is 22.4 Å². The maximum absolute atomic E-state index is 3.32. The lowest BCUT2D eigenvalue weighted by Gasteiger charge is -2.15. The number of rotatable bonds is 6. The van der Waals surface area contributed by atoms with Crippen molar-refractivity contribution in [1.29, 1.82) is 0 Å². The first-order chi connectivity index (χ1) is 6.33. The molecule has 74 valence electrons. The fraction of sp³-hybridized carbons (Fsp3) is 0.600. The van der Waals surface area contributed by atoms with Gasteiger partial charge >= 0.3 is 0 Å². The SMILES string of the molecule is CCNCCN(C)Cc1ccsc1. The zero-order chi connectivity index (χ0) is 9.52. The summed E-state index contributed by atoms with van der Waals surface area (Å²) in [5.74, 6) is 0. The van der Waals surface area contributed by atoms with E-state index in [2.05, 4.69) is 41.0 Å². The van der Waals surface area contributed by atoms with Gasteiger partial charge in [-0.1, -0.05) is 6.92 Å². The van der Waals surface area contributed by atoms with Crippen LogP contribution >= 0.6 is 11.3 Å². The molecule has 0 spiro atoms. The van der Waals surface area contributed by atoms with E-state index in [1.165, 1.54) is 5.56 Å². The number of nitrogens with one attached hydrogen (secondary N) is 1. The van der Waals surface area contributed by atoms with Crippen LogP contribution in [0.5, 0.6) is 0 Å². The van der Waals surface area contributed by atoms with Gasteiger partial charge in [0.25, 0.3) is 0 Å². The molecule has 0 saturated heterocycles. The number of nitrogens with zero attached hydrogens (tertiary/aromatic N) is 1. The second-order valence-electron chi connectivity index (χ2n) is 3.22. The maximum Gasteiger partial charge on any atom is 0.0239 e. The van der Waals surface area contributed by atoms with Crippen LogP contribution in [0.4, 0.5) is 0 Å². The molecule has 0 aliphatic heterocycles. The quantitative estimate of drug-likeness (QED) is 0.701. The van der Waals surface area contributed by atoms with E-state index in [0.717, 1.165) is 26.2 Å². The monoisotopic (exact) mass is 198 g/mol. The Labute approximate surface area is 84.6 Å². The molecule has 3 heteroatoms. The molecule has 0 aromatic carbocycles. The van der Waals surface area contributed by atoms with Crippen molar-refractivity contribution in [1.82, 2.24) is 10.2 Å². The lowest BCUT2D eigenvalue weighted by Crippen LogP contribution is -2.28. The van der Waals surface area contributed by atoms with E-state index in [9.17, 15) is 0 Å². The highest BCUT2D eigenvalue weighted by atomic mass is 32.1. The van der Waals surface area contributed by atoms with Gasteiger partial charge in [0.1, 0.15) is 0 Å². The largest absolute Gasteiger partial charge is 0.316 e. The Morgan fingerprint density at radius 3 is 3.00 bits per heavy atom. The fourth-order valence-electron chi connectivity index (χ4n) is 1.22. The van der Waals surface area contributed by atoms with Crippen molar-refractivity contribution in [2.45, 2.75) is 13.5 Å². The maximum atomic E-state index is 3.32. The van der Waals surface area contributed by atoms with Crippen molar-refractivity contribution in [3.63, 3.8) is 0 Å². The molecule has 0 bridgehead atoms. The van der Waals surface area contributed by atoms with Gasteiger partial charge in [0.15, 0.2) is 0 Å². The first-order valence-electron chi connectivity index (χ1n) is 4.73. The normalized spacial score (nSPS) is 11.0. The smallest absolute Gasteiger partial charge is 0.0239 e. The Morgan fingerprint density at radius 1 is 1.54 bits per heavy atom. The van der Waals surface area contributed by atoms with Crippen LogP contribution in [0.3, 0.4) is 0 Å². The van der Waals surface area contributed by atoms with Gasteiger partial charge < -0.3 is 10.2 Å². The van der Waals surface area contributed by atoms with Gasteiger partial charge in [0.2, 0.25) is 0 Å². The van der Waals surface area contributed by atoms with Crippen molar-refractivity contribution < 1.29 is 0 Å². The van der Waals surface area contributed by atoms with E-state index in [-0.39, 0.29) is 0 Å². The fourth-order valence-corrected chi connectivity index (χ4v) is 1.88. The predicted octanol–water partition coefficient (Wildman–Crippen LogP) is 1.79. The first kappa shape index (κ1) is 10.7. The Hall–Kier alpha value is -0.380. The van der Waals surface area contributed by atoms with Crippen molar-refractivity contribution in [2.75, 3.05) is 26.7 Å². The van der Waals surface area contributed by atoms with E-state index >= 15 is 0 Å². The lowest BCUT2D eigenvalue weighted by atomic mass is 10.3. The van der Waals surface area contributed by atoms with Crippen molar-refractivity contribution in [3.8, 4) is 0 Å². The zero-order valence-corrected chi connectivity index (χ0v) is 9.23. The third kappa shape index (κ3) is 4.41. The average molecular weight is 198 g/mol. The van der Waals surface area contributed by atoms with Gasteiger partial charge in [-0.25, -0.2) is 0 Å². The summed E-state index contributed by atoms with van der Waals surface area (Å²) < 4.78 is 0. The van der Waals surface area contributed by atoms with Crippen LogP contribution in [0, 0.1) is 0 Å². The minimum Gasteiger partial charge on any atom is -0.316 e. The molecule has 1 aromatic heterocycles. The summed E-state index contributed by atoms with van der Waals surface area (Å²) >= 11 is 1.77. The van der Waals surface area contributed by atoms with Gasteiger partial charge in [-0.05, 0) is 36.0 Å². The highest BCUT2D eigenvalue weighted by molar-refractivity contribution is 7.07. The van der Waals surface area contributed by atoms with E-state index in [1.807, 2.05) is 0 Å².